The highest BCUT2D eigenvalue weighted by Crippen LogP contribution is 2.28. The van der Waals surface area contributed by atoms with Gasteiger partial charge in [0.2, 0.25) is 15.9 Å². The highest BCUT2D eigenvalue weighted by atomic mass is 32.2. The first-order chi connectivity index (χ1) is 24.8. The molecular weight excluding hydrogens is 703 g/mol. The van der Waals surface area contributed by atoms with Crippen LogP contribution < -0.4 is 16.4 Å². The van der Waals surface area contributed by atoms with Crippen molar-refractivity contribution in [3.8, 4) is 0 Å². The predicted molar refractivity (Wildman–Crippen MR) is 203 cm³/mol. The van der Waals surface area contributed by atoms with Gasteiger partial charge in [0, 0.05) is 25.5 Å². The second-order valence-electron chi connectivity index (χ2n) is 13.8. The first-order valence-corrected chi connectivity index (χ1v) is 20.2. The number of thiazole rings is 1. The highest BCUT2D eigenvalue weighted by molar-refractivity contribution is 7.89. The molecule has 284 valence electrons. The zero-order chi connectivity index (χ0) is 37.8. The minimum Gasteiger partial charge on any atom is -0.411 e. The van der Waals surface area contributed by atoms with Crippen molar-refractivity contribution in [2.45, 2.75) is 95.0 Å². The molecule has 0 bridgehead atoms. The minimum absolute atomic E-state index is 0.0477. The molecule has 15 heteroatoms. The van der Waals surface area contributed by atoms with Gasteiger partial charge in [-0.2, -0.15) is 4.31 Å². The Morgan fingerprint density at radius 1 is 1.10 bits per heavy atom. The summed E-state index contributed by atoms with van der Waals surface area (Å²) in [7, 11) is -2.43. The van der Waals surface area contributed by atoms with Crippen LogP contribution >= 0.6 is 11.3 Å². The quantitative estimate of drug-likeness (QED) is 0.0713. The maximum atomic E-state index is 14.1. The molecule has 3 amide bonds. The van der Waals surface area contributed by atoms with Crippen LogP contribution in [0, 0.1) is 11.8 Å². The van der Waals surface area contributed by atoms with Crippen LogP contribution in [0.3, 0.4) is 0 Å². The Hall–Kier alpha value is -3.89. The zero-order valence-corrected chi connectivity index (χ0v) is 32.0. The van der Waals surface area contributed by atoms with Crippen molar-refractivity contribution in [2.75, 3.05) is 20.1 Å². The van der Waals surface area contributed by atoms with E-state index in [-0.39, 0.29) is 48.8 Å². The number of hydrogen-bond donors (Lipinski definition) is 5. The largest absolute Gasteiger partial charge is 0.411 e. The van der Waals surface area contributed by atoms with E-state index in [1.165, 1.54) is 38.9 Å². The Labute approximate surface area is 311 Å². The van der Waals surface area contributed by atoms with Gasteiger partial charge >= 0.3 is 6.03 Å². The molecular formula is C37H53N7O6S2. The summed E-state index contributed by atoms with van der Waals surface area (Å²) in [4.78, 5) is 33.5. The molecule has 13 nitrogen and oxygen atoms in total. The van der Waals surface area contributed by atoms with Gasteiger partial charge in [0.15, 0.2) is 0 Å². The van der Waals surface area contributed by atoms with Crippen molar-refractivity contribution in [1.29, 1.82) is 0 Å². The first-order valence-electron chi connectivity index (χ1n) is 17.8. The van der Waals surface area contributed by atoms with Crippen LogP contribution in [0.1, 0.15) is 80.7 Å². The molecule has 3 aromatic rings. The van der Waals surface area contributed by atoms with Gasteiger partial charge in [0.1, 0.15) is 11.0 Å². The second kappa shape index (κ2) is 19.3. The van der Waals surface area contributed by atoms with E-state index in [1.807, 2.05) is 56.5 Å². The minimum atomic E-state index is -4.06. The average Bonchev–Trinajstić information content (AvgIpc) is 3.83. The fourth-order valence-corrected chi connectivity index (χ4v) is 8.62. The molecule has 1 aromatic heterocycles. The Bertz CT molecular complexity index is 1710. The van der Waals surface area contributed by atoms with Gasteiger partial charge < -0.3 is 31.6 Å². The van der Waals surface area contributed by atoms with Crippen LogP contribution in [-0.2, 0) is 27.8 Å². The number of carbonyl (C=O) groups is 2. The maximum Gasteiger partial charge on any atom is 0.318 e. The Balaban J connectivity index is 1.56. The summed E-state index contributed by atoms with van der Waals surface area (Å²) >= 11 is 1.43. The average molecular weight is 756 g/mol. The molecule has 1 aliphatic carbocycles. The first kappa shape index (κ1) is 40.9. The van der Waals surface area contributed by atoms with Crippen molar-refractivity contribution in [2.24, 2.45) is 22.7 Å². The lowest BCUT2D eigenvalue weighted by atomic mass is 9.96. The number of aliphatic hydroxyl groups is 1. The highest BCUT2D eigenvalue weighted by Gasteiger charge is 2.35. The van der Waals surface area contributed by atoms with Gasteiger partial charge in [-0.05, 0) is 61.3 Å². The summed E-state index contributed by atoms with van der Waals surface area (Å²) in [6.45, 7) is 5.84. The number of urea groups is 1. The molecule has 2 aromatic carbocycles. The third kappa shape index (κ3) is 11.3. The molecule has 52 heavy (non-hydrogen) atoms. The summed E-state index contributed by atoms with van der Waals surface area (Å²) in [5, 5.41) is 32.3. The number of aromatic nitrogens is 1. The Morgan fingerprint density at radius 2 is 1.77 bits per heavy atom. The summed E-state index contributed by atoms with van der Waals surface area (Å²) in [5.74, 6) is -0.592. The molecule has 1 aliphatic rings. The lowest BCUT2D eigenvalue weighted by Gasteiger charge is -2.33. The number of aliphatic hydroxyl groups excluding tert-OH is 1. The number of carbonyl (C=O) groups excluding carboxylic acids is 2. The molecule has 0 unspecified atom stereocenters. The van der Waals surface area contributed by atoms with E-state index < -0.39 is 40.1 Å². The van der Waals surface area contributed by atoms with Crippen molar-refractivity contribution >= 4 is 39.5 Å². The van der Waals surface area contributed by atoms with E-state index in [0.29, 0.717) is 17.7 Å². The van der Waals surface area contributed by atoms with Crippen LogP contribution in [0.25, 0.3) is 0 Å². The number of sulfonamides is 1. The molecule has 4 rings (SSSR count). The van der Waals surface area contributed by atoms with Gasteiger partial charge in [-0.15, -0.1) is 11.3 Å². The molecule has 1 heterocycles. The lowest BCUT2D eigenvalue weighted by molar-refractivity contribution is -0.125. The molecule has 5 atom stereocenters. The summed E-state index contributed by atoms with van der Waals surface area (Å²) in [6.07, 6.45) is 4.54. The number of oxime groups is 1. The number of rotatable bonds is 18. The van der Waals surface area contributed by atoms with Crippen molar-refractivity contribution in [3.05, 3.63) is 81.8 Å². The van der Waals surface area contributed by atoms with E-state index in [1.54, 1.807) is 19.2 Å². The molecule has 0 radical (unpaired) electrons. The number of hydrogen-bond acceptors (Lipinski definition) is 10. The molecule has 6 N–H and O–H groups in total. The van der Waals surface area contributed by atoms with E-state index in [9.17, 15) is 23.1 Å². The number of benzene rings is 2. The van der Waals surface area contributed by atoms with Crippen molar-refractivity contribution in [3.63, 3.8) is 0 Å². The van der Waals surface area contributed by atoms with Crippen molar-refractivity contribution in [1.82, 2.24) is 24.8 Å². The molecule has 0 saturated heterocycles. The van der Waals surface area contributed by atoms with E-state index in [4.69, 9.17) is 10.9 Å². The van der Waals surface area contributed by atoms with Gasteiger partial charge in [-0.1, -0.05) is 80.7 Å². The second-order valence-corrected chi connectivity index (χ2v) is 16.6. The van der Waals surface area contributed by atoms with Gasteiger partial charge in [0.25, 0.3) is 0 Å². The third-order valence-corrected chi connectivity index (χ3v) is 12.6. The SMILES string of the molecule is CC[C@H](C)[C@H](NC(=O)N(C)Cc1csc([C@@H](C)N)n1)C(=O)N[C@@H](Cc1ccccc1)[C@@H](O)CN(CC1CCCC1)S(=O)(=O)c1ccc(C=NO)cc1. The fraction of sp³-hybridized carbons (Fsp3) is 0.514. The van der Waals surface area contributed by atoms with Crippen LogP contribution in [0.5, 0.6) is 0 Å². The summed E-state index contributed by atoms with van der Waals surface area (Å²) in [6, 6.07) is 12.9. The van der Waals surface area contributed by atoms with Crippen molar-refractivity contribution < 1.29 is 28.3 Å². The zero-order valence-electron chi connectivity index (χ0n) is 30.4. The van der Waals surface area contributed by atoms with Gasteiger partial charge in [0.05, 0.1) is 41.5 Å². The van der Waals surface area contributed by atoms with E-state index in [2.05, 4.69) is 20.8 Å². The van der Waals surface area contributed by atoms with Crippen LogP contribution in [0.2, 0.25) is 0 Å². The maximum absolute atomic E-state index is 14.1. The topological polar surface area (TPSA) is 191 Å². The molecule has 1 saturated carbocycles. The predicted octanol–water partition coefficient (Wildman–Crippen LogP) is 4.50. The Kier molecular flexibility index (Phi) is 15.1. The van der Waals surface area contributed by atoms with Gasteiger partial charge in [-0.3, -0.25) is 4.79 Å². The summed E-state index contributed by atoms with van der Waals surface area (Å²) < 4.78 is 29.5. The molecule has 0 aliphatic heterocycles. The third-order valence-electron chi connectivity index (χ3n) is 9.62. The van der Waals surface area contributed by atoms with Gasteiger partial charge in [-0.25, -0.2) is 18.2 Å². The lowest BCUT2D eigenvalue weighted by Crippen LogP contribution is -2.58. The summed E-state index contributed by atoms with van der Waals surface area (Å²) in [5.41, 5.74) is 8.02. The number of nitrogens with two attached hydrogens (primary N) is 1. The normalized spacial score (nSPS) is 16.8. The standard InChI is InChI=1S/C37H53N7O6S2/c1-5-25(2)34(42-37(47)43(4)22-30-24-51-36(40-30)26(3)38)35(46)41-32(19-27-11-7-6-8-12-27)33(45)23-44(21-29-13-9-10-14-29)52(49,50)31-17-15-28(16-18-31)20-39-48/h6-8,11-12,15-18,20,24-26,29,32-34,45,48H,5,9-10,13-14,19,21-23,38H2,1-4H3,(H,41,46)(H,42,47)/t25-,26+,32-,33-,34-/m0/s1. The molecule has 1 fully saturated rings. The van der Waals surface area contributed by atoms with Crippen LogP contribution in [0.15, 0.2) is 70.0 Å². The van der Waals surface area contributed by atoms with Crippen LogP contribution in [0.4, 0.5) is 4.79 Å². The smallest absolute Gasteiger partial charge is 0.318 e. The number of nitrogens with zero attached hydrogens (tertiary/aromatic N) is 4. The fourth-order valence-electron chi connectivity index (χ4n) is 6.32. The Morgan fingerprint density at radius 3 is 2.37 bits per heavy atom. The van der Waals surface area contributed by atoms with Crippen LogP contribution in [-0.4, -0.2) is 89.4 Å². The number of amides is 3. The monoisotopic (exact) mass is 755 g/mol. The molecule has 0 spiro atoms. The van der Waals surface area contributed by atoms with E-state index >= 15 is 0 Å². The number of nitrogens with one attached hydrogen (secondary N) is 2. The van der Waals surface area contributed by atoms with E-state index in [0.717, 1.165) is 36.3 Å².